The molecule has 0 amide bonds. The van der Waals surface area contributed by atoms with E-state index >= 15 is 0 Å². The molecule has 0 aliphatic heterocycles. The summed E-state index contributed by atoms with van der Waals surface area (Å²) in [7, 11) is 1.67. The molecule has 0 unspecified atom stereocenters. The molecule has 0 bridgehead atoms. The van der Waals surface area contributed by atoms with Crippen molar-refractivity contribution in [1.29, 1.82) is 0 Å². The van der Waals surface area contributed by atoms with Gasteiger partial charge in [-0.05, 0) is 12.1 Å². The Kier molecular flexibility index (Phi) is 3.92. The Hall–Kier alpha value is -1.39. The van der Waals surface area contributed by atoms with Crippen LogP contribution in [0.5, 0.6) is 5.75 Å². The first-order valence-corrected chi connectivity index (χ1v) is 7.12. The summed E-state index contributed by atoms with van der Waals surface area (Å²) >= 11 is 1.67. The smallest absolute Gasteiger partial charge is 0.124 e. The Morgan fingerprint density at radius 2 is 2.05 bits per heavy atom. The highest BCUT2D eigenvalue weighted by atomic mass is 32.1. The zero-order chi connectivity index (χ0) is 14.0. The Morgan fingerprint density at radius 3 is 2.58 bits per heavy atom. The van der Waals surface area contributed by atoms with Gasteiger partial charge in [-0.15, -0.1) is 11.3 Å². The molecule has 102 valence electrons. The highest BCUT2D eigenvalue weighted by molar-refractivity contribution is 7.15. The normalized spacial score (nSPS) is 11.6. The Bertz CT molecular complexity index is 570. The van der Waals surface area contributed by atoms with Crippen LogP contribution in [0, 0.1) is 0 Å². The summed E-state index contributed by atoms with van der Waals surface area (Å²) in [5, 5.41) is 1.00. The van der Waals surface area contributed by atoms with Crippen LogP contribution >= 0.6 is 11.3 Å². The predicted octanol–water partition coefficient (Wildman–Crippen LogP) is 3.57. The van der Waals surface area contributed by atoms with Gasteiger partial charge in [0.15, 0.2) is 0 Å². The van der Waals surface area contributed by atoms with Crippen LogP contribution in [0.25, 0.3) is 10.6 Å². The third-order valence-corrected chi connectivity index (χ3v) is 4.04. The summed E-state index contributed by atoms with van der Waals surface area (Å²) < 4.78 is 5.26. The van der Waals surface area contributed by atoms with Crippen molar-refractivity contribution in [2.75, 3.05) is 7.11 Å². The summed E-state index contributed by atoms with van der Waals surface area (Å²) in [6.07, 6.45) is 0. The summed E-state index contributed by atoms with van der Waals surface area (Å²) in [4.78, 5) is 5.94. The average Bonchev–Trinajstić information content (AvgIpc) is 2.83. The van der Waals surface area contributed by atoms with E-state index < -0.39 is 0 Å². The van der Waals surface area contributed by atoms with Gasteiger partial charge in [0.25, 0.3) is 0 Å². The molecule has 19 heavy (non-hydrogen) atoms. The number of nitrogens with two attached hydrogens (primary N) is 1. The zero-order valence-electron chi connectivity index (χ0n) is 11.9. The van der Waals surface area contributed by atoms with Gasteiger partial charge in [0.1, 0.15) is 10.8 Å². The maximum absolute atomic E-state index is 5.84. The fraction of sp³-hybridized carbons (Fsp3) is 0.400. The minimum absolute atomic E-state index is 0.0162. The highest BCUT2D eigenvalue weighted by Crippen LogP contribution is 2.35. The minimum Gasteiger partial charge on any atom is -0.497 e. The maximum atomic E-state index is 5.84. The summed E-state index contributed by atoms with van der Waals surface area (Å²) in [6, 6.07) is 7.97. The summed E-state index contributed by atoms with van der Waals surface area (Å²) in [6.45, 7) is 7.03. The molecule has 4 heteroatoms. The average molecular weight is 276 g/mol. The molecular formula is C15H20N2OS. The first-order chi connectivity index (χ1) is 8.95. The molecule has 2 N–H and O–H groups in total. The molecule has 1 heterocycles. The van der Waals surface area contributed by atoms with Gasteiger partial charge in [0, 0.05) is 22.4 Å². The lowest BCUT2D eigenvalue weighted by molar-refractivity contribution is 0.415. The number of nitrogens with zero attached hydrogens (tertiary/aromatic N) is 1. The summed E-state index contributed by atoms with van der Waals surface area (Å²) in [5.41, 5.74) is 8.03. The molecule has 0 atom stereocenters. The van der Waals surface area contributed by atoms with Gasteiger partial charge in [-0.1, -0.05) is 32.9 Å². The van der Waals surface area contributed by atoms with Crippen molar-refractivity contribution in [3.63, 3.8) is 0 Å². The van der Waals surface area contributed by atoms with E-state index in [-0.39, 0.29) is 5.41 Å². The molecule has 1 aromatic heterocycles. The lowest BCUT2D eigenvalue weighted by Gasteiger charge is -2.16. The molecular weight excluding hydrogens is 256 g/mol. The van der Waals surface area contributed by atoms with Gasteiger partial charge in [-0.3, -0.25) is 0 Å². The summed E-state index contributed by atoms with van der Waals surface area (Å²) in [5.74, 6) is 0.847. The van der Waals surface area contributed by atoms with E-state index in [0.717, 1.165) is 26.9 Å². The molecule has 0 radical (unpaired) electrons. The largest absolute Gasteiger partial charge is 0.497 e. The van der Waals surface area contributed by atoms with Crippen LogP contribution in [0.3, 0.4) is 0 Å². The van der Waals surface area contributed by atoms with E-state index in [1.165, 1.54) is 0 Å². The highest BCUT2D eigenvalue weighted by Gasteiger charge is 2.22. The van der Waals surface area contributed by atoms with Crippen LogP contribution in [-0.4, -0.2) is 12.1 Å². The molecule has 0 aliphatic carbocycles. The van der Waals surface area contributed by atoms with E-state index in [0.29, 0.717) is 6.54 Å². The number of thiazole rings is 1. The number of hydrogen-bond acceptors (Lipinski definition) is 4. The SMILES string of the molecule is COc1cccc(-c2nc(C(C)(C)C)c(CN)s2)c1. The van der Waals surface area contributed by atoms with Crippen LogP contribution in [0.1, 0.15) is 31.3 Å². The standard InChI is InChI=1S/C15H20N2OS/c1-15(2,3)13-12(9-16)19-14(17-13)10-6-5-7-11(8-10)18-4/h5-8H,9,16H2,1-4H3. The van der Waals surface area contributed by atoms with E-state index in [9.17, 15) is 0 Å². The van der Waals surface area contributed by atoms with E-state index in [4.69, 9.17) is 15.5 Å². The Balaban J connectivity index is 2.48. The van der Waals surface area contributed by atoms with Crippen molar-refractivity contribution in [3.8, 4) is 16.3 Å². The number of benzene rings is 1. The molecule has 0 saturated carbocycles. The zero-order valence-corrected chi connectivity index (χ0v) is 12.7. The van der Waals surface area contributed by atoms with Crippen molar-refractivity contribution >= 4 is 11.3 Å². The van der Waals surface area contributed by atoms with Gasteiger partial charge in [0.05, 0.1) is 12.8 Å². The lowest BCUT2D eigenvalue weighted by Crippen LogP contribution is -2.15. The number of methoxy groups -OCH3 is 1. The van der Waals surface area contributed by atoms with Gasteiger partial charge < -0.3 is 10.5 Å². The molecule has 2 aromatic rings. The fourth-order valence-corrected chi connectivity index (χ4v) is 3.10. The van der Waals surface area contributed by atoms with Gasteiger partial charge in [-0.25, -0.2) is 4.98 Å². The second-order valence-corrected chi connectivity index (χ2v) is 6.56. The molecule has 2 rings (SSSR count). The van der Waals surface area contributed by atoms with Crippen LogP contribution in [0.2, 0.25) is 0 Å². The quantitative estimate of drug-likeness (QED) is 0.932. The second kappa shape index (κ2) is 5.31. The topological polar surface area (TPSA) is 48.1 Å². The number of hydrogen-bond donors (Lipinski definition) is 1. The van der Waals surface area contributed by atoms with Crippen molar-refractivity contribution in [2.45, 2.75) is 32.7 Å². The third-order valence-electron chi connectivity index (χ3n) is 2.91. The predicted molar refractivity (Wildman–Crippen MR) is 80.7 cm³/mol. The molecule has 1 aromatic carbocycles. The molecule has 0 aliphatic rings. The number of rotatable bonds is 3. The van der Waals surface area contributed by atoms with E-state index in [2.05, 4.69) is 20.8 Å². The maximum Gasteiger partial charge on any atom is 0.124 e. The molecule has 0 spiro atoms. The van der Waals surface area contributed by atoms with Crippen LogP contribution < -0.4 is 10.5 Å². The van der Waals surface area contributed by atoms with Crippen LogP contribution in [0.4, 0.5) is 0 Å². The van der Waals surface area contributed by atoms with Crippen molar-refractivity contribution in [3.05, 3.63) is 34.8 Å². The van der Waals surface area contributed by atoms with Gasteiger partial charge in [0.2, 0.25) is 0 Å². The monoisotopic (exact) mass is 276 g/mol. The second-order valence-electron chi connectivity index (χ2n) is 5.48. The Labute approximate surface area is 118 Å². The third kappa shape index (κ3) is 2.96. The van der Waals surface area contributed by atoms with Gasteiger partial charge >= 0.3 is 0 Å². The Morgan fingerprint density at radius 1 is 1.32 bits per heavy atom. The number of aromatic nitrogens is 1. The van der Waals surface area contributed by atoms with Crippen molar-refractivity contribution in [2.24, 2.45) is 5.73 Å². The lowest BCUT2D eigenvalue weighted by atomic mass is 9.91. The first kappa shape index (κ1) is 14.0. The van der Waals surface area contributed by atoms with Crippen molar-refractivity contribution in [1.82, 2.24) is 4.98 Å². The number of ether oxygens (including phenoxy) is 1. The molecule has 3 nitrogen and oxygen atoms in total. The van der Waals surface area contributed by atoms with Crippen LogP contribution in [0.15, 0.2) is 24.3 Å². The molecule has 0 saturated heterocycles. The fourth-order valence-electron chi connectivity index (χ4n) is 1.96. The van der Waals surface area contributed by atoms with E-state index in [1.807, 2.05) is 24.3 Å². The van der Waals surface area contributed by atoms with Crippen LogP contribution in [-0.2, 0) is 12.0 Å². The molecule has 0 fully saturated rings. The van der Waals surface area contributed by atoms with Gasteiger partial charge in [-0.2, -0.15) is 0 Å². The van der Waals surface area contributed by atoms with Crippen molar-refractivity contribution < 1.29 is 4.74 Å². The first-order valence-electron chi connectivity index (χ1n) is 6.30. The van der Waals surface area contributed by atoms with E-state index in [1.54, 1.807) is 18.4 Å². The minimum atomic E-state index is 0.0162.